The predicted molar refractivity (Wildman–Crippen MR) is 75.6 cm³/mol. The number of carbonyl (C=O) groups is 1. The molecule has 4 heteroatoms. The highest BCUT2D eigenvalue weighted by atomic mass is 79.9. The normalized spacial score (nSPS) is 10.3. The molecule has 0 amide bonds. The molecule has 0 fully saturated rings. The Kier molecular flexibility index (Phi) is 4.55. The van der Waals surface area contributed by atoms with Crippen molar-refractivity contribution in [1.29, 1.82) is 0 Å². The van der Waals surface area contributed by atoms with Crippen LogP contribution < -0.4 is 0 Å². The van der Waals surface area contributed by atoms with Crippen LogP contribution in [0.4, 0.5) is 4.39 Å². The number of ketones is 1. The van der Waals surface area contributed by atoms with E-state index in [1.54, 1.807) is 12.1 Å². The average Bonchev–Trinajstić information content (AvgIpc) is 2.38. The van der Waals surface area contributed by atoms with E-state index in [9.17, 15) is 9.18 Å². The molecule has 1 nitrogen and oxygen atoms in total. The summed E-state index contributed by atoms with van der Waals surface area (Å²) in [5.41, 5.74) is 0.155. The van der Waals surface area contributed by atoms with Gasteiger partial charge in [-0.2, -0.15) is 0 Å². The third-order valence-electron chi connectivity index (χ3n) is 2.36. The molecule has 0 bridgehead atoms. The van der Waals surface area contributed by atoms with Gasteiger partial charge in [-0.1, -0.05) is 28.1 Å². The third kappa shape index (κ3) is 3.43. The van der Waals surface area contributed by atoms with E-state index in [4.69, 9.17) is 0 Å². The van der Waals surface area contributed by atoms with Crippen molar-refractivity contribution in [2.75, 3.05) is 5.75 Å². The van der Waals surface area contributed by atoms with Crippen molar-refractivity contribution < 1.29 is 9.18 Å². The number of hydrogen-bond donors (Lipinski definition) is 0. The summed E-state index contributed by atoms with van der Waals surface area (Å²) in [6.45, 7) is 0. The monoisotopic (exact) mass is 324 g/mol. The molecule has 0 aliphatic heterocycles. The molecule has 0 saturated carbocycles. The number of thioether (sulfide) groups is 1. The molecule has 0 atom stereocenters. The van der Waals surface area contributed by atoms with Crippen molar-refractivity contribution in [2.45, 2.75) is 4.90 Å². The van der Waals surface area contributed by atoms with Crippen molar-refractivity contribution in [1.82, 2.24) is 0 Å². The highest BCUT2D eigenvalue weighted by Crippen LogP contribution is 2.22. The Balaban J connectivity index is 2.01. The van der Waals surface area contributed by atoms with Crippen LogP contribution in [0.15, 0.2) is 57.9 Å². The van der Waals surface area contributed by atoms with E-state index in [0.717, 1.165) is 9.37 Å². The maximum atomic E-state index is 13.4. The van der Waals surface area contributed by atoms with Crippen LogP contribution in [0.2, 0.25) is 0 Å². The van der Waals surface area contributed by atoms with Gasteiger partial charge in [-0.05, 0) is 36.4 Å². The summed E-state index contributed by atoms with van der Waals surface area (Å²) in [7, 11) is 0. The number of rotatable bonds is 4. The molecule has 0 aliphatic rings. The minimum atomic E-state index is -0.459. The van der Waals surface area contributed by atoms with Crippen molar-refractivity contribution in [3.8, 4) is 0 Å². The molecule has 0 radical (unpaired) electrons. The zero-order valence-electron chi connectivity index (χ0n) is 9.40. The molecule has 0 heterocycles. The summed E-state index contributed by atoms with van der Waals surface area (Å²) < 4.78 is 14.4. The van der Waals surface area contributed by atoms with Gasteiger partial charge in [-0.25, -0.2) is 4.39 Å². The Bertz CT molecular complexity index is 554. The fraction of sp³-hybridized carbons (Fsp3) is 0.0714. The van der Waals surface area contributed by atoms with Crippen LogP contribution in [0.25, 0.3) is 0 Å². The van der Waals surface area contributed by atoms with Crippen LogP contribution in [-0.4, -0.2) is 11.5 Å². The lowest BCUT2D eigenvalue weighted by molar-refractivity contribution is 0.101. The number of Topliss-reactive ketones (excluding diaryl/α,β-unsaturated/α-hetero) is 1. The summed E-state index contributed by atoms with van der Waals surface area (Å²) in [4.78, 5) is 12.8. The van der Waals surface area contributed by atoms with Gasteiger partial charge in [-0.3, -0.25) is 4.79 Å². The van der Waals surface area contributed by atoms with Crippen molar-refractivity contribution >= 4 is 33.5 Å². The van der Waals surface area contributed by atoms with E-state index in [1.165, 1.54) is 23.9 Å². The topological polar surface area (TPSA) is 17.1 Å². The first-order valence-electron chi connectivity index (χ1n) is 5.33. The van der Waals surface area contributed by atoms with E-state index in [0.29, 0.717) is 0 Å². The van der Waals surface area contributed by atoms with Crippen LogP contribution in [0, 0.1) is 5.82 Å². The molecular weight excluding hydrogens is 315 g/mol. The molecule has 18 heavy (non-hydrogen) atoms. The molecule has 0 aromatic heterocycles. The van der Waals surface area contributed by atoms with Gasteiger partial charge in [0.05, 0.1) is 11.3 Å². The SMILES string of the molecule is O=C(CSc1ccc(Br)cc1)c1ccccc1F. The third-order valence-corrected chi connectivity index (χ3v) is 3.90. The fourth-order valence-electron chi connectivity index (χ4n) is 1.44. The lowest BCUT2D eigenvalue weighted by Gasteiger charge is -2.03. The largest absolute Gasteiger partial charge is 0.293 e. The van der Waals surface area contributed by atoms with Crippen LogP contribution >= 0.6 is 27.7 Å². The lowest BCUT2D eigenvalue weighted by Crippen LogP contribution is -2.04. The quantitative estimate of drug-likeness (QED) is 0.605. The Labute approximate surface area is 118 Å². The lowest BCUT2D eigenvalue weighted by atomic mass is 10.1. The van der Waals surface area contributed by atoms with Crippen LogP contribution in [0.5, 0.6) is 0 Å². The maximum absolute atomic E-state index is 13.4. The van der Waals surface area contributed by atoms with Gasteiger partial charge in [0.1, 0.15) is 5.82 Å². The number of carbonyl (C=O) groups excluding carboxylic acids is 1. The smallest absolute Gasteiger partial charge is 0.176 e. The Morgan fingerprint density at radius 3 is 2.44 bits per heavy atom. The molecular formula is C14H10BrFOS. The van der Waals surface area contributed by atoms with Crippen molar-refractivity contribution in [2.24, 2.45) is 0 Å². The van der Waals surface area contributed by atoms with Gasteiger partial charge in [0.15, 0.2) is 5.78 Å². The molecule has 92 valence electrons. The summed E-state index contributed by atoms with van der Waals surface area (Å²) in [6.07, 6.45) is 0. The van der Waals surface area contributed by atoms with Gasteiger partial charge in [0, 0.05) is 9.37 Å². The summed E-state index contributed by atoms with van der Waals surface area (Å²) >= 11 is 4.75. The van der Waals surface area contributed by atoms with E-state index in [2.05, 4.69) is 15.9 Å². The number of halogens is 2. The van der Waals surface area contributed by atoms with E-state index in [-0.39, 0.29) is 17.1 Å². The highest BCUT2D eigenvalue weighted by Gasteiger charge is 2.10. The van der Waals surface area contributed by atoms with Crippen molar-refractivity contribution in [3.05, 3.63) is 64.4 Å². The molecule has 0 spiro atoms. The average molecular weight is 325 g/mol. The zero-order chi connectivity index (χ0) is 13.0. The van der Waals surface area contributed by atoms with E-state index in [1.807, 2.05) is 24.3 Å². The minimum Gasteiger partial charge on any atom is -0.293 e. The molecule has 0 unspecified atom stereocenters. The summed E-state index contributed by atoms with van der Waals surface area (Å²) in [5.74, 6) is -0.414. The molecule has 2 aromatic carbocycles. The van der Waals surface area contributed by atoms with Gasteiger partial charge in [-0.15, -0.1) is 11.8 Å². The maximum Gasteiger partial charge on any atom is 0.176 e. The van der Waals surface area contributed by atoms with E-state index < -0.39 is 5.82 Å². The Hall–Kier alpha value is -1.13. The van der Waals surface area contributed by atoms with Gasteiger partial charge in [0.25, 0.3) is 0 Å². The first-order chi connectivity index (χ1) is 8.66. The number of hydrogen-bond acceptors (Lipinski definition) is 2. The Morgan fingerprint density at radius 1 is 1.11 bits per heavy atom. The van der Waals surface area contributed by atoms with Crippen LogP contribution in [0.3, 0.4) is 0 Å². The van der Waals surface area contributed by atoms with Crippen LogP contribution in [0.1, 0.15) is 10.4 Å². The molecule has 2 rings (SSSR count). The van der Waals surface area contributed by atoms with Gasteiger partial charge in [0.2, 0.25) is 0 Å². The molecule has 2 aromatic rings. The van der Waals surface area contributed by atoms with Crippen molar-refractivity contribution in [3.63, 3.8) is 0 Å². The standard InChI is InChI=1S/C14H10BrFOS/c15-10-5-7-11(8-6-10)18-9-14(17)12-3-1-2-4-13(12)16/h1-8H,9H2. The summed E-state index contributed by atoms with van der Waals surface area (Å²) in [6, 6.07) is 13.7. The van der Waals surface area contributed by atoms with E-state index >= 15 is 0 Å². The first kappa shape index (κ1) is 13.3. The van der Waals surface area contributed by atoms with Gasteiger partial charge >= 0.3 is 0 Å². The first-order valence-corrected chi connectivity index (χ1v) is 7.11. The highest BCUT2D eigenvalue weighted by molar-refractivity contribution is 9.10. The number of benzene rings is 2. The molecule has 0 saturated heterocycles. The molecule has 0 aliphatic carbocycles. The predicted octanol–water partition coefficient (Wildman–Crippen LogP) is 4.56. The zero-order valence-corrected chi connectivity index (χ0v) is 11.8. The second-order valence-electron chi connectivity index (χ2n) is 3.65. The minimum absolute atomic E-state index is 0.155. The summed E-state index contributed by atoms with van der Waals surface area (Å²) in [5, 5.41) is 0. The Morgan fingerprint density at radius 2 is 1.78 bits per heavy atom. The fourth-order valence-corrected chi connectivity index (χ4v) is 2.49. The second kappa shape index (κ2) is 6.16. The van der Waals surface area contributed by atoms with Crippen LogP contribution in [-0.2, 0) is 0 Å². The van der Waals surface area contributed by atoms with Gasteiger partial charge < -0.3 is 0 Å². The second-order valence-corrected chi connectivity index (χ2v) is 5.61. The molecule has 0 N–H and O–H groups in total.